The van der Waals surface area contributed by atoms with E-state index in [2.05, 4.69) is 10.1 Å². The number of hydrogen-bond acceptors (Lipinski definition) is 4. The van der Waals surface area contributed by atoms with E-state index in [1.54, 1.807) is 0 Å². The zero-order chi connectivity index (χ0) is 19.7. The van der Waals surface area contributed by atoms with E-state index >= 15 is 0 Å². The molecule has 0 N–H and O–H groups in total. The van der Waals surface area contributed by atoms with Crippen LogP contribution in [0.3, 0.4) is 0 Å². The molecule has 1 aliphatic rings. The lowest BCUT2D eigenvalue weighted by Gasteiger charge is -2.37. The second-order valence-electron chi connectivity index (χ2n) is 6.66. The number of aromatic nitrogens is 2. The Morgan fingerprint density at radius 3 is 2.46 bits per heavy atom. The van der Waals surface area contributed by atoms with Crippen molar-refractivity contribution in [3.8, 4) is 0 Å². The summed E-state index contributed by atoms with van der Waals surface area (Å²) in [7, 11) is 0. The fourth-order valence-corrected chi connectivity index (χ4v) is 3.17. The molecule has 1 saturated heterocycles. The molecule has 0 atom stereocenters. The minimum absolute atomic E-state index is 0.168. The Balaban J connectivity index is 1.41. The minimum atomic E-state index is -4.57. The predicted octanol–water partition coefficient (Wildman–Crippen LogP) is 3.92. The van der Waals surface area contributed by atoms with Crippen molar-refractivity contribution in [2.24, 2.45) is 0 Å². The molecule has 3 aromatic rings. The number of nitrogens with zero attached hydrogens (tertiary/aromatic N) is 3. The average molecular weight is 387 g/mol. The molecule has 8 heteroatoms. The normalized spacial score (nSPS) is 14.8. The van der Waals surface area contributed by atoms with Crippen molar-refractivity contribution in [2.75, 3.05) is 13.1 Å². The molecule has 1 fully saturated rings. The summed E-state index contributed by atoms with van der Waals surface area (Å²) >= 11 is 0. The van der Waals surface area contributed by atoms with Crippen molar-refractivity contribution in [1.82, 2.24) is 15.0 Å². The van der Waals surface area contributed by atoms with Gasteiger partial charge in [0.25, 0.3) is 5.91 Å². The first-order valence-electron chi connectivity index (χ1n) is 8.73. The largest absolute Gasteiger partial charge is 0.417 e. The van der Waals surface area contributed by atoms with Gasteiger partial charge in [-0.2, -0.15) is 18.2 Å². The average Bonchev–Trinajstić information content (AvgIpc) is 3.08. The van der Waals surface area contributed by atoms with Gasteiger partial charge in [-0.3, -0.25) is 4.79 Å². The van der Waals surface area contributed by atoms with Crippen LogP contribution in [-0.4, -0.2) is 34.0 Å². The number of benzene rings is 2. The monoisotopic (exact) mass is 387 g/mol. The van der Waals surface area contributed by atoms with Gasteiger partial charge in [0.15, 0.2) is 5.82 Å². The first-order valence-corrected chi connectivity index (χ1v) is 8.73. The van der Waals surface area contributed by atoms with Crippen LogP contribution in [0.5, 0.6) is 0 Å². The predicted molar refractivity (Wildman–Crippen MR) is 93.6 cm³/mol. The molecule has 2 aromatic carbocycles. The quantitative estimate of drug-likeness (QED) is 0.681. The van der Waals surface area contributed by atoms with Crippen molar-refractivity contribution in [3.63, 3.8) is 0 Å². The van der Waals surface area contributed by atoms with Crippen LogP contribution in [0.2, 0.25) is 0 Å². The van der Waals surface area contributed by atoms with E-state index < -0.39 is 17.6 Å². The molecule has 0 unspecified atom stereocenters. The van der Waals surface area contributed by atoms with Gasteiger partial charge in [0.2, 0.25) is 5.89 Å². The van der Waals surface area contributed by atoms with Gasteiger partial charge in [0, 0.05) is 19.5 Å². The van der Waals surface area contributed by atoms with Crippen molar-refractivity contribution < 1.29 is 22.5 Å². The standard InChI is InChI=1S/C20H16F3N3O2/c21-20(22,23)16-9-5-4-8-15(16)19(27)26-11-14(12-26)18-24-17(25-28-18)10-13-6-2-1-3-7-13/h1-9,14H,10-12H2. The molecule has 28 heavy (non-hydrogen) atoms. The summed E-state index contributed by atoms with van der Waals surface area (Å²) in [6.45, 7) is 0.496. The SMILES string of the molecule is O=C(c1ccccc1C(F)(F)F)N1CC(c2nc(Cc3ccccc3)no2)C1. The first-order chi connectivity index (χ1) is 13.4. The fraction of sp³-hybridized carbons (Fsp3) is 0.250. The zero-order valence-corrected chi connectivity index (χ0v) is 14.7. The van der Waals surface area contributed by atoms with Gasteiger partial charge in [0.1, 0.15) is 0 Å². The van der Waals surface area contributed by atoms with E-state index in [9.17, 15) is 18.0 Å². The van der Waals surface area contributed by atoms with Gasteiger partial charge in [-0.1, -0.05) is 47.6 Å². The summed E-state index contributed by atoms with van der Waals surface area (Å²) in [6, 6.07) is 14.5. The maximum Gasteiger partial charge on any atom is 0.417 e. The van der Waals surface area contributed by atoms with Crippen LogP contribution in [0.1, 0.15) is 39.1 Å². The van der Waals surface area contributed by atoms with Gasteiger partial charge in [-0.05, 0) is 17.7 Å². The highest BCUT2D eigenvalue weighted by atomic mass is 19.4. The summed E-state index contributed by atoms with van der Waals surface area (Å²) < 4.78 is 44.6. The van der Waals surface area contributed by atoms with Crippen LogP contribution in [0.25, 0.3) is 0 Å². The van der Waals surface area contributed by atoms with E-state index in [-0.39, 0.29) is 24.6 Å². The molecule has 0 saturated carbocycles. The number of carbonyl (C=O) groups is 1. The van der Waals surface area contributed by atoms with E-state index in [1.165, 1.54) is 23.1 Å². The Kier molecular flexibility index (Phi) is 4.62. The second kappa shape index (κ2) is 7.10. The van der Waals surface area contributed by atoms with E-state index in [0.717, 1.165) is 11.6 Å². The molecule has 1 amide bonds. The van der Waals surface area contributed by atoms with Gasteiger partial charge < -0.3 is 9.42 Å². The number of amides is 1. The molecule has 0 bridgehead atoms. The number of carbonyl (C=O) groups excluding carboxylic acids is 1. The highest BCUT2D eigenvalue weighted by Crippen LogP contribution is 2.34. The molecular weight excluding hydrogens is 371 g/mol. The number of rotatable bonds is 4. The summed E-state index contributed by atoms with van der Waals surface area (Å²) in [4.78, 5) is 18.2. The summed E-state index contributed by atoms with van der Waals surface area (Å²) in [6.07, 6.45) is -4.05. The molecule has 144 valence electrons. The molecule has 4 rings (SSSR count). The number of alkyl halides is 3. The molecule has 0 radical (unpaired) electrons. The van der Waals surface area contributed by atoms with Gasteiger partial charge in [-0.25, -0.2) is 0 Å². The molecule has 0 aliphatic carbocycles. The third kappa shape index (κ3) is 3.62. The van der Waals surface area contributed by atoms with Crippen LogP contribution in [-0.2, 0) is 12.6 Å². The van der Waals surface area contributed by atoms with Crippen molar-refractivity contribution in [1.29, 1.82) is 0 Å². The molecule has 2 heterocycles. The smallest absolute Gasteiger partial charge is 0.339 e. The zero-order valence-electron chi connectivity index (χ0n) is 14.7. The maximum absolute atomic E-state index is 13.1. The first kappa shape index (κ1) is 18.2. The van der Waals surface area contributed by atoms with Crippen LogP contribution < -0.4 is 0 Å². The molecule has 1 aromatic heterocycles. The lowest BCUT2D eigenvalue weighted by molar-refractivity contribution is -0.138. The summed E-state index contributed by atoms with van der Waals surface area (Å²) in [5.74, 6) is 0.125. The Morgan fingerprint density at radius 2 is 1.75 bits per heavy atom. The van der Waals surface area contributed by atoms with E-state index in [4.69, 9.17) is 4.52 Å². The fourth-order valence-electron chi connectivity index (χ4n) is 3.17. The van der Waals surface area contributed by atoms with Crippen molar-refractivity contribution >= 4 is 5.91 Å². The third-order valence-corrected chi connectivity index (χ3v) is 4.67. The highest BCUT2D eigenvalue weighted by Gasteiger charge is 2.40. The summed E-state index contributed by atoms with van der Waals surface area (Å²) in [5, 5.41) is 3.95. The Morgan fingerprint density at radius 1 is 1.07 bits per heavy atom. The van der Waals surface area contributed by atoms with E-state index in [1.807, 2.05) is 30.3 Å². The molecule has 1 aliphatic heterocycles. The number of halogens is 3. The molecular formula is C20H16F3N3O2. The van der Waals surface area contributed by atoms with Crippen molar-refractivity contribution in [3.05, 3.63) is 83.0 Å². The van der Waals surface area contributed by atoms with Crippen molar-refractivity contribution in [2.45, 2.75) is 18.5 Å². The third-order valence-electron chi connectivity index (χ3n) is 4.67. The minimum Gasteiger partial charge on any atom is -0.339 e. The van der Waals surface area contributed by atoms with Crippen LogP contribution in [0.15, 0.2) is 59.1 Å². The maximum atomic E-state index is 13.1. The van der Waals surface area contributed by atoms with Crippen LogP contribution in [0, 0.1) is 0 Å². The summed E-state index contributed by atoms with van der Waals surface area (Å²) in [5.41, 5.74) is -0.223. The Bertz CT molecular complexity index is 980. The van der Waals surface area contributed by atoms with E-state index in [0.29, 0.717) is 18.1 Å². The lowest BCUT2D eigenvalue weighted by atomic mass is 9.97. The van der Waals surface area contributed by atoms with Gasteiger partial charge in [-0.15, -0.1) is 0 Å². The number of likely N-dealkylation sites (tertiary alicyclic amines) is 1. The van der Waals surface area contributed by atoms with Crippen LogP contribution in [0.4, 0.5) is 13.2 Å². The topological polar surface area (TPSA) is 59.2 Å². The molecule has 5 nitrogen and oxygen atoms in total. The van der Waals surface area contributed by atoms with Gasteiger partial charge >= 0.3 is 6.18 Å². The Labute approximate surface area is 158 Å². The highest BCUT2D eigenvalue weighted by molar-refractivity contribution is 5.96. The lowest BCUT2D eigenvalue weighted by Crippen LogP contribution is -2.49. The molecule has 0 spiro atoms. The van der Waals surface area contributed by atoms with Crippen LogP contribution >= 0.6 is 0 Å². The number of hydrogen-bond donors (Lipinski definition) is 0. The second-order valence-corrected chi connectivity index (χ2v) is 6.66. The Hall–Kier alpha value is -3.16. The van der Waals surface area contributed by atoms with Gasteiger partial charge in [0.05, 0.1) is 17.0 Å².